The lowest BCUT2D eigenvalue weighted by Gasteiger charge is -2.39. The first kappa shape index (κ1) is 8.29. The van der Waals surface area contributed by atoms with Crippen molar-refractivity contribution in [1.29, 1.82) is 0 Å². The molecule has 3 N–H and O–H groups in total. The summed E-state index contributed by atoms with van der Waals surface area (Å²) in [4.78, 5) is 8.20. The molecule has 1 aliphatic carbocycles. The van der Waals surface area contributed by atoms with E-state index in [1.165, 1.54) is 19.3 Å². The molecule has 1 heterocycles. The van der Waals surface area contributed by atoms with Crippen LogP contribution < -0.4 is 11.1 Å². The Labute approximate surface area is 77.6 Å². The quantitative estimate of drug-likeness (QED) is 0.718. The van der Waals surface area contributed by atoms with Crippen molar-refractivity contribution in [3.63, 3.8) is 0 Å². The van der Waals surface area contributed by atoms with E-state index in [-0.39, 0.29) is 5.54 Å². The Morgan fingerprint density at radius 1 is 1.54 bits per heavy atom. The van der Waals surface area contributed by atoms with Gasteiger partial charge < -0.3 is 11.1 Å². The van der Waals surface area contributed by atoms with Crippen LogP contribution in [0.2, 0.25) is 0 Å². The van der Waals surface area contributed by atoms with E-state index < -0.39 is 0 Å². The maximum Gasteiger partial charge on any atom is 0.225 e. The van der Waals surface area contributed by atoms with E-state index in [1.54, 1.807) is 12.3 Å². The molecule has 0 spiro atoms. The van der Waals surface area contributed by atoms with E-state index in [9.17, 15) is 0 Å². The SMILES string of the molecule is CC1(Nc2nccc(N)n2)CCC1. The molecule has 2 rings (SSSR count). The van der Waals surface area contributed by atoms with Crippen molar-refractivity contribution < 1.29 is 0 Å². The number of nitrogens with one attached hydrogen (secondary N) is 1. The van der Waals surface area contributed by atoms with Gasteiger partial charge in [-0.1, -0.05) is 0 Å². The molecule has 1 saturated carbocycles. The molecule has 1 aromatic rings. The molecule has 70 valence electrons. The van der Waals surface area contributed by atoms with Crippen molar-refractivity contribution >= 4 is 11.8 Å². The molecule has 1 fully saturated rings. The Hall–Kier alpha value is -1.32. The van der Waals surface area contributed by atoms with Crippen LogP contribution in [0.1, 0.15) is 26.2 Å². The highest BCUT2D eigenvalue weighted by molar-refractivity contribution is 5.37. The van der Waals surface area contributed by atoms with Crippen LogP contribution in [-0.2, 0) is 0 Å². The van der Waals surface area contributed by atoms with Crippen LogP contribution in [0.5, 0.6) is 0 Å². The number of aromatic nitrogens is 2. The molecule has 0 saturated heterocycles. The van der Waals surface area contributed by atoms with Gasteiger partial charge in [-0.05, 0) is 32.3 Å². The molecular formula is C9H14N4. The fourth-order valence-electron chi connectivity index (χ4n) is 1.53. The third-order valence-electron chi connectivity index (χ3n) is 2.55. The van der Waals surface area contributed by atoms with Crippen LogP contribution in [-0.4, -0.2) is 15.5 Å². The molecule has 0 radical (unpaired) electrons. The van der Waals surface area contributed by atoms with Gasteiger partial charge in [0.25, 0.3) is 0 Å². The second-order valence-corrected chi connectivity index (χ2v) is 3.84. The molecular weight excluding hydrogens is 164 g/mol. The third kappa shape index (κ3) is 1.71. The summed E-state index contributed by atoms with van der Waals surface area (Å²) >= 11 is 0. The van der Waals surface area contributed by atoms with Gasteiger partial charge in [-0.2, -0.15) is 4.98 Å². The maximum atomic E-state index is 5.55. The molecule has 0 aliphatic heterocycles. The molecule has 0 unspecified atom stereocenters. The minimum atomic E-state index is 0.188. The normalized spacial score (nSPS) is 19.2. The zero-order valence-electron chi connectivity index (χ0n) is 7.75. The van der Waals surface area contributed by atoms with Gasteiger partial charge in [-0.3, -0.25) is 0 Å². The van der Waals surface area contributed by atoms with E-state index in [0.717, 1.165) is 0 Å². The van der Waals surface area contributed by atoms with Gasteiger partial charge in [-0.25, -0.2) is 4.98 Å². The minimum Gasteiger partial charge on any atom is -0.384 e. The van der Waals surface area contributed by atoms with Crippen molar-refractivity contribution in [2.45, 2.75) is 31.7 Å². The summed E-state index contributed by atoms with van der Waals surface area (Å²) in [5.41, 5.74) is 5.73. The number of hydrogen-bond donors (Lipinski definition) is 2. The Bertz CT molecular complexity index is 306. The molecule has 1 aromatic heterocycles. The van der Waals surface area contributed by atoms with Crippen LogP contribution >= 0.6 is 0 Å². The molecule has 1 aliphatic rings. The topological polar surface area (TPSA) is 63.8 Å². The number of nitrogens with zero attached hydrogens (tertiary/aromatic N) is 2. The first-order valence-corrected chi connectivity index (χ1v) is 4.55. The smallest absolute Gasteiger partial charge is 0.225 e. The Morgan fingerprint density at radius 2 is 2.31 bits per heavy atom. The standard InChI is InChI=1S/C9H14N4/c1-9(4-2-5-9)13-8-11-6-3-7(10)12-8/h3,6H,2,4-5H2,1H3,(H3,10,11,12,13). The predicted molar refractivity (Wildman–Crippen MR) is 52.3 cm³/mol. The average Bonchev–Trinajstić information content (AvgIpc) is 2.01. The van der Waals surface area contributed by atoms with Crippen molar-refractivity contribution in [2.24, 2.45) is 0 Å². The lowest BCUT2D eigenvalue weighted by Crippen LogP contribution is -2.42. The fourth-order valence-corrected chi connectivity index (χ4v) is 1.53. The summed E-state index contributed by atoms with van der Waals surface area (Å²) in [7, 11) is 0. The summed E-state index contributed by atoms with van der Waals surface area (Å²) in [6, 6.07) is 1.69. The molecule has 0 amide bonds. The van der Waals surface area contributed by atoms with Gasteiger partial charge in [0.05, 0.1) is 0 Å². The predicted octanol–water partition coefficient (Wildman–Crippen LogP) is 1.41. The molecule has 0 atom stereocenters. The van der Waals surface area contributed by atoms with Gasteiger partial charge in [0.1, 0.15) is 5.82 Å². The first-order chi connectivity index (χ1) is 6.18. The van der Waals surface area contributed by atoms with E-state index >= 15 is 0 Å². The Morgan fingerprint density at radius 3 is 2.85 bits per heavy atom. The van der Waals surface area contributed by atoms with Crippen LogP contribution in [0, 0.1) is 0 Å². The third-order valence-corrected chi connectivity index (χ3v) is 2.55. The maximum absolute atomic E-state index is 5.55. The Balaban J connectivity index is 2.09. The van der Waals surface area contributed by atoms with Crippen molar-refractivity contribution in [1.82, 2.24) is 9.97 Å². The summed E-state index contributed by atoms with van der Waals surface area (Å²) in [6.07, 6.45) is 5.33. The zero-order valence-corrected chi connectivity index (χ0v) is 7.75. The summed E-state index contributed by atoms with van der Waals surface area (Å²) < 4.78 is 0. The van der Waals surface area contributed by atoms with E-state index in [4.69, 9.17) is 5.73 Å². The number of hydrogen-bond acceptors (Lipinski definition) is 4. The van der Waals surface area contributed by atoms with Crippen LogP contribution in [0.15, 0.2) is 12.3 Å². The lowest BCUT2D eigenvalue weighted by atomic mass is 9.79. The lowest BCUT2D eigenvalue weighted by molar-refractivity contribution is 0.305. The van der Waals surface area contributed by atoms with Crippen molar-refractivity contribution in [3.05, 3.63) is 12.3 Å². The van der Waals surface area contributed by atoms with Crippen molar-refractivity contribution in [2.75, 3.05) is 11.1 Å². The van der Waals surface area contributed by atoms with Gasteiger partial charge in [0.15, 0.2) is 0 Å². The molecule has 0 aromatic carbocycles. The number of nitrogens with two attached hydrogens (primary N) is 1. The van der Waals surface area contributed by atoms with Gasteiger partial charge in [0.2, 0.25) is 5.95 Å². The molecule has 4 nitrogen and oxygen atoms in total. The van der Waals surface area contributed by atoms with Gasteiger partial charge >= 0.3 is 0 Å². The largest absolute Gasteiger partial charge is 0.384 e. The monoisotopic (exact) mass is 178 g/mol. The minimum absolute atomic E-state index is 0.188. The molecule has 4 heteroatoms. The zero-order chi connectivity index (χ0) is 9.31. The molecule has 13 heavy (non-hydrogen) atoms. The Kier molecular flexibility index (Phi) is 1.83. The van der Waals surface area contributed by atoms with Crippen molar-refractivity contribution in [3.8, 4) is 0 Å². The van der Waals surface area contributed by atoms with E-state index in [0.29, 0.717) is 11.8 Å². The summed E-state index contributed by atoms with van der Waals surface area (Å²) in [5.74, 6) is 1.16. The number of nitrogen functional groups attached to an aromatic ring is 1. The van der Waals surface area contributed by atoms with E-state index in [1.807, 2.05) is 0 Å². The highest BCUT2D eigenvalue weighted by Crippen LogP contribution is 2.33. The second-order valence-electron chi connectivity index (χ2n) is 3.84. The number of rotatable bonds is 2. The van der Waals surface area contributed by atoms with Gasteiger partial charge in [-0.15, -0.1) is 0 Å². The summed E-state index contributed by atoms with van der Waals surface area (Å²) in [5, 5.41) is 3.29. The second kappa shape index (κ2) is 2.87. The first-order valence-electron chi connectivity index (χ1n) is 4.55. The fraction of sp³-hybridized carbons (Fsp3) is 0.556. The summed E-state index contributed by atoms with van der Waals surface area (Å²) in [6.45, 7) is 2.18. The number of anilines is 2. The van der Waals surface area contributed by atoms with Gasteiger partial charge in [0, 0.05) is 11.7 Å². The highest BCUT2D eigenvalue weighted by Gasteiger charge is 2.32. The van der Waals surface area contributed by atoms with E-state index in [2.05, 4.69) is 22.2 Å². The van der Waals surface area contributed by atoms with Crippen LogP contribution in [0.3, 0.4) is 0 Å². The average molecular weight is 178 g/mol. The molecule has 0 bridgehead atoms. The van der Waals surface area contributed by atoms with Crippen LogP contribution in [0.25, 0.3) is 0 Å². The highest BCUT2D eigenvalue weighted by atomic mass is 15.2. The van der Waals surface area contributed by atoms with Crippen LogP contribution in [0.4, 0.5) is 11.8 Å².